The average Bonchev–Trinajstić information content (AvgIpc) is 3.30. The molecule has 11 heteroatoms. The highest BCUT2D eigenvalue weighted by Crippen LogP contribution is 2.32. The van der Waals surface area contributed by atoms with Crippen LogP contribution in [0.25, 0.3) is 27.6 Å². The zero-order valence-electron chi connectivity index (χ0n) is 19.6. The van der Waals surface area contributed by atoms with E-state index in [1.54, 1.807) is 6.20 Å². The minimum Gasteiger partial charge on any atom is -0.485 e. The zero-order chi connectivity index (χ0) is 24.8. The molecule has 5 aromatic rings. The molecule has 11 nitrogen and oxygen atoms in total. The van der Waals surface area contributed by atoms with Crippen LogP contribution in [-0.4, -0.2) is 51.0 Å². The molecule has 3 aromatic heterocycles. The number of hydrogen-bond donors (Lipinski definition) is 4. The van der Waals surface area contributed by atoms with Crippen LogP contribution in [0.5, 0.6) is 5.75 Å². The van der Waals surface area contributed by atoms with E-state index in [0.717, 1.165) is 17.0 Å². The lowest BCUT2D eigenvalue weighted by Gasteiger charge is -2.33. The lowest BCUT2D eigenvalue weighted by Crippen LogP contribution is -2.41. The normalized spacial score (nSPS) is 15.2. The predicted octanol–water partition coefficient (Wildman–Crippen LogP) is 2.01. The first kappa shape index (κ1) is 21.9. The van der Waals surface area contributed by atoms with Crippen molar-refractivity contribution in [1.82, 2.24) is 24.7 Å². The highest BCUT2D eigenvalue weighted by Gasteiger charge is 2.24. The number of aromatic nitrogens is 5. The van der Waals surface area contributed by atoms with E-state index in [9.17, 15) is 4.79 Å². The van der Waals surface area contributed by atoms with Gasteiger partial charge in [-0.1, -0.05) is 24.3 Å². The highest BCUT2D eigenvalue weighted by molar-refractivity contribution is 6.05. The maximum atomic E-state index is 13.5. The Morgan fingerprint density at radius 3 is 2.81 bits per heavy atom. The van der Waals surface area contributed by atoms with Crippen LogP contribution in [0.1, 0.15) is 5.56 Å². The lowest BCUT2D eigenvalue weighted by molar-refractivity contribution is 0.208. The van der Waals surface area contributed by atoms with Gasteiger partial charge < -0.3 is 26.4 Å². The molecule has 0 bridgehead atoms. The first-order chi connectivity index (χ1) is 17.5. The fourth-order valence-corrected chi connectivity index (χ4v) is 4.60. The molecule has 0 unspecified atom stereocenters. The molecule has 2 aromatic carbocycles. The summed E-state index contributed by atoms with van der Waals surface area (Å²) in [5.74, 6) is 1.35. The summed E-state index contributed by atoms with van der Waals surface area (Å²) in [5, 5.41) is 11.1. The van der Waals surface area contributed by atoms with E-state index in [0.29, 0.717) is 53.2 Å². The summed E-state index contributed by atoms with van der Waals surface area (Å²) in [7, 11) is 2.04. The summed E-state index contributed by atoms with van der Waals surface area (Å²) < 4.78 is 7.68. The molecule has 0 saturated carbocycles. The Labute approximate surface area is 205 Å². The number of rotatable bonds is 5. The summed E-state index contributed by atoms with van der Waals surface area (Å²) in [4.78, 5) is 24.9. The van der Waals surface area contributed by atoms with Crippen molar-refractivity contribution in [2.45, 2.75) is 12.6 Å². The number of ether oxygens (including phenoxy) is 1. The molecule has 1 aliphatic rings. The molecule has 182 valence electrons. The van der Waals surface area contributed by atoms with E-state index in [4.69, 9.17) is 21.2 Å². The predicted molar refractivity (Wildman–Crippen MR) is 140 cm³/mol. The topological polar surface area (TPSA) is 153 Å². The number of pyridine rings is 1. The summed E-state index contributed by atoms with van der Waals surface area (Å²) in [6, 6.07) is 15.4. The van der Waals surface area contributed by atoms with Crippen LogP contribution < -0.4 is 32.0 Å². The second-order valence-corrected chi connectivity index (χ2v) is 8.77. The molecule has 0 radical (unpaired) electrons. The van der Waals surface area contributed by atoms with Crippen molar-refractivity contribution in [3.8, 4) is 11.4 Å². The van der Waals surface area contributed by atoms with Crippen molar-refractivity contribution in [3.05, 3.63) is 70.6 Å². The molecule has 36 heavy (non-hydrogen) atoms. The number of H-pyrrole nitrogens is 1. The Balaban J connectivity index is 1.39. The van der Waals surface area contributed by atoms with Crippen molar-refractivity contribution >= 4 is 39.4 Å². The van der Waals surface area contributed by atoms with Gasteiger partial charge in [-0.2, -0.15) is 10.1 Å². The third-order valence-corrected chi connectivity index (χ3v) is 6.43. The molecule has 6 rings (SSSR count). The van der Waals surface area contributed by atoms with Crippen molar-refractivity contribution < 1.29 is 4.74 Å². The standard InChI is InChI=1S/C25H25N9O2/c1-33-13-16(36-19-5-3-2-4-18(19)33)11-28-25-29-12-17-21-20(22(27)32-31-21)24(35)34(23(17)30-25)15-8-6-14(10-26)7-9-15/h2-9,12,16H,10-11,13,26H2,1H3,(H3,27,31,32)(H,28,29,30)/t16-/m0/s1. The molecule has 6 N–H and O–H groups in total. The van der Waals surface area contributed by atoms with Gasteiger partial charge in [-0.15, -0.1) is 0 Å². The number of hydrogen-bond acceptors (Lipinski definition) is 9. The van der Waals surface area contributed by atoms with Gasteiger partial charge in [0.05, 0.1) is 35.4 Å². The Bertz CT molecular complexity index is 1640. The van der Waals surface area contributed by atoms with Gasteiger partial charge in [0.2, 0.25) is 5.95 Å². The van der Waals surface area contributed by atoms with E-state index < -0.39 is 0 Å². The van der Waals surface area contributed by atoms with Crippen molar-refractivity contribution in [3.63, 3.8) is 0 Å². The Morgan fingerprint density at radius 2 is 2.00 bits per heavy atom. The molecule has 0 amide bonds. The minimum atomic E-state index is -0.317. The van der Waals surface area contributed by atoms with Gasteiger partial charge in [-0.05, 0) is 29.8 Å². The second-order valence-electron chi connectivity index (χ2n) is 8.77. The monoisotopic (exact) mass is 483 g/mol. The van der Waals surface area contributed by atoms with E-state index in [2.05, 4.69) is 25.4 Å². The van der Waals surface area contributed by atoms with Crippen LogP contribution >= 0.6 is 0 Å². The molecule has 0 saturated heterocycles. The van der Waals surface area contributed by atoms with Crippen molar-refractivity contribution in [1.29, 1.82) is 0 Å². The zero-order valence-corrected chi connectivity index (χ0v) is 19.6. The molecule has 0 spiro atoms. The molecule has 1 aliphatic heterocycles. The molecule has 1 atom stereocenters. The maximum Gasteiger partial charge on any atom is 0.270 e. The largest absolute Gasteiger partial charge is 0.485 e. The molecule has 4 heterocycles. The number of nitrogens with one attached hydrogen (secondary N) is 2. The van der Waals surface area contributed by atoms with Crippen LogP contribution in [-0.2, 0) is 6.54 Å². The van der Waals surface area contributed by atoms with Crippen LogP contribution in [0.3, 0.4) is 0 Å². The third-order valence-electron chi connectivity index (χ3n) is 6.43. The van der Waals surface area contributed by atoms with Gasteiger partial charge in [0.15, 0.2) is 11.5 Å². The fraction of sp³-hybridized carbons (Fsp3) is 0.200. The van der Waals surface area contributed by atoms with Gasteiger partial charge in [0.1, 0.15) is 17.2 Å². The van der Waals surface area contributed by atoms with E-state index >= 15 is 0 Å². The number of aromatic amines is 1. The van der Waals surface area contributed by atoms with Gasteiger partial charge in [0.25, 0.3) is 5.56 Å². The quantitative estimate of drug-likeness (QED) is 0.294. The van der Waals surface area contributed by atoms with E-state index in [1.165, 1.54) is 4.57 Å². The number of nitrogens with two attached hydrogens (primary N) is 2. The van der Waals surface area contributed by atoms with Gasteiger partial charge in [0, 0.05) is 19.8 Å². The van der Waals surface area contributed by atoms with Gasteiger partial charge >= 0.3 is 0 Å². The fourth-order valence-electron chi connectivity index (χ4n) is 4.60. The minimum absolute atomic E-state index is 0.106. The molecule has 0 fully saturated rings. The highest BCUT2D eigenvalue weighted by atomic mass is 16.5. The summed E-state index contributed by atoms with van der Waals surface area (Å²) >= 11 is 0. The average molecular weight is 484 g/mol. The molecule has 0 aliphatic carbocycles. The molecular formula is C25H25N9O2. The summed E-state index contributed by atoms with van der Waals surface area (Å²) in [6.45, 7) is 1.60. The van der Waals surface area contributed by atoms with E-state index in [1.807, 2.05) is 55.6 Å². The Hall–Kier alpha value is -4.64. The van der Waals surface area contributed by atoms with Crippen molar-refractivity contribution in [2.24, 2.45) is 5.73 Å². The number of anilines is 3. The Morgan fingerprint density at radius 1 is 1.19 bits per heavy atom. The molecular weight excluding hydrogens is 458 g/mol. The first-order valence-electron chi connectivity index (χ1n) is 11.6. The Kier molecular flexibility index (Phi) is 5.19. The summed E-state index contributed by atoms with van der Waals surface area (Å²) in [6.07, 6.45) is 1.56. The smallest absolute Gasteiger partial charge is 0.270 e. The van der Waals surface area contributed by atoms with Crippen LogP contribution in [0.4, 0.5) is 17.5 Å². The number of nitrogens with zero attached hydrogens (tertiary/aromatic N) is 5. The van der Waals surface area contributed by atoms with Crippen molar-refractivity contribution in [2.75, 3.05) is 36.1 Å². The lowest BCUT2D eigenvalue weighted by atomic mass is 10.2. The second kappa shape index (κ2) is 8.54. The van der Waals surface area contributed by atoms with Gasteiger partial charge in [-0.25, -0.2) is 4.98 Å². The number of para-hydroxylation sites is 2. The first-order valence-corrected chi connectivity index (χ1v) is 11.6. The van der Waals surface area contributed by atoms with Crippen LogP contribution in [0, 0.1) is 0 Å². The summed E-state index contributed by atoms with van der Waals surface area (Å²) in [5.41, 5.74) is 15.0. The SMILES string of the molecule is CN1C[C@H](CNc2ncc3c4[nH]nc(N)c4c(=O)n(-c4ccc(CN)cc4)c3n2)Oc2ccccc21. The van der Waals surface area contributed by atoms with Crippen LogP contribution in [0.2, 0.25) is 0 Å². The van der Waals surface area contributed by atoms with Gasteiger partial charge in [-0.3, -0.25) is 14.5 Å². The number of likely N-dealkylation sites (N-methyl/N-ethyl adjacent to an activating group) is 1. The van der Waals surface area contributed by atoms with E-state index in [-0.39, 0.29) is 17.5 Å². The number of benzene rings is 2. The third kappa shape index (κ3) is 3.57. The maximum absolute atomic E-state index is 13.5. The van der Waals surface area contributed by atoms with Crippen LogP contribution in [0.15, 0.2) is 59.5 Å². The number of nitrogen functional groups attached to an aromatic ring is 1. The number of fused-ring (bicyclic) bond motifs is 4.